The van der Waals surface area contributed by atoms with Gasteiger partial charge in [-0.1, -0.05) is 240 Å². The topological polar surface area (TPSA) is 236 Å². The normalized spacial score (nSPS) is 12.6. The lowest BCUT2D eigenvalue weighted by molar-refractivity contribution is -0.910. The number of nitrogens with one attached hydrogen (secondary N) is 3. The first-order chi connectivity index (χ1) is 41.2. The molecule has 0 aromatic carbocycles. The molecule has 17 heteroatoms. The molecule has 9 N–H and O–H groups in total. The van der Waals surface area contributed by atoms with E-state index in [1.54, 1.807) is 0 Å². The molecule has 0 aromatic rings. The number of amides is 3. The summed E-state index contributed by atoms with van der Waals surface area (Å²) in [5.74, 6) is -1.07. The molecular weight excluding hydrogens is 1090 g/mol. The molecule has 16 nitrogen and oxygen atoms in total. The van der Waals surface area contributed by atoms with Gasteiger partial charge in [0.15, 0.2) is 0 Å². The smallest absolute Gasteiger partial charge is 0.394 e. The minimum Gasteiger partial charge on any atom is -0.394 e. The number of rotatable bonds is 66. The van der Waals surface area contributed by atoms with Crippen molar-refractivity contribution in [3.8, 4) is 0 Å². The van der Waals surface area contributed by atoms with Crippen LogP contribution in [0.1, 0.15) is 311 Å². The molecule has 0 atom stereocenters. The summed E-state index contributed by atoms with van der Waals surface area (Å²) in [5.41, 5.74) is -5.07. The standard InChI is InChI=1S/C68H138N4O12Si/c1-7-12-17-22-27-30-33-36-41-47-63(79)69-66(54-73,55-74)60-82-85(53-46-52-72(6,50-44-39-25-20-15-10-4)51-45-40-26-21-16-11-5,83-61-67(56-75,57-76)70-64(80)48-42-37-34-31-28-23-18-13-8-2)84-62-68(58-77,59-78)71-65(81)49-43-38-35-32-29-24-19-14-9-3/h73-78H,7-62H2,1-6H3,(H2-,69,70,71,79,80,81)/p+1. The quantitative estimate of drug-likeness (QED) is 0.0157. The molecule has 0 aromatic heterocycles. The van der Waals surface area contributed by atoms with E-state index in [0.717, 1.165) is 101 Å². The van der Waals surface area contributed by atoms with Crippen molar-refractivity contribution >= 4 is 26.5 Å². The Balaban J connectivity index is 7.27. The van der Waals surface area contributed by atoms with Gasteiger partial charge in [0.1, 0.15) is 16.6 Å². The maximum absolute atomic E-state index is 13.7. The van der Waals surface area contributed by atoms with E-state index < -0.39 is 84.9 Å². The van der Waals surface area contributed by atoms with E-state index in [2.05, 4.69) is 57.6 Å². The van der Waals surface area contributed by atoms with E-state index in [0.29, 0.717) is 32.2 Å². The first-order valence-electron chi connectivity index (χ1n) is 35.5. The number of hydrogen-bond acceptors (Lipinski definition) is 12. The third-order valence-electron chi connectivity index (χ3n) is 17.5. The first-order valence-corrected chi connectivity index (χ1v) is 37.4. The number of aliphatic hydroxyl groups excluding tert-OH is 6. The summed E-state index contributed by atoms with van der Waals surface area (Å²) in [7, 11) is -2.07. The largest absolute Gasteiger partial charge is 0.501 e. The van der Waals surface area contributed by atoms with Gasteiger partial charge >= 0.3 is 8.80 Å². The van der Waals surface area contributed by atoms with E-state index in [-0.39, 0.29) is 43.0 Å². The highest BCUT2D eigenvalue weighted by atomic mass is 28.4. The van der Waals surface area contributed by atoms with Gasteiger partial charge in [0.05, 0.1) is 86.1 Å². The third kappa shape index (κ3) is 42.8. The third-order valence-corrected chi connectivity index (χ3v) is 20.3. The summed E-state index contributed by atoms with van der Waals surface area (Å²) < 4.78 is 21.5. The molecule has 0 heterocycles. The van der Waals surface area contributed by atoms with Crippen LogP contribution in [0.15, 0.2) is 0 Å². The van der Waals surface area contributed by atoms with Crippen LogP contribution in [0, 0.1) is 0 Å². The lowest BCUT2D eigenvalue weighted by Crippen LogP contribution is -2.65. The number of aliphatic hydroxyl groups is 6. The number of carbonyl (C=O) groups is 3. The Hall–Kier alpha value is -1.77. The van der Waals surface area contributed by atoms with E-state index >= 15 is 0 Å². The zero-order valence-electron chi connectivity index (χ0n) is 56.2. The summed E-state index contributed by atoms with van der Waals surface area (Å²) in [5, 5.41) is 75.1. The van der Waals surface area contributed by atoms with E-state index in [1.807, 2.05) is 0 Å². The second kappa shape index (κ2) is 55.1. The number of quaternary nitrogens is 1. The molecule has 0 rings (SSSR count). The van der Waals surface area contributed by atoms with Gasteiger partial charge in [-0.25, -0.2) is 0 Å². The fourth-order valence-corrected chi connectivity index (χ4v) is 14.0. The van der Waals surface area contributed by atoms with Gasteiger partial charge in [-0.15, -0.1) is 0 Å². The van der Waals surface area contributed by atoms with E-state index in [4.69, 9.17) is 13.3 Å². The molecule has 0 saturated carbocycles. The van der Waals surface area contributed by atoms with Gasteiger partial charge < -0.3 is 64.4 Å². The van der Waals surface area contributed by atoms with E-state index in [9.17, 15) is 45.0 Å². The van der Waals surface area contributed by atoms with Crippen molar-refractivity contribution in [3.05, 3.63) is 0 Å². The molecule has 0 aliphatic heterocycles. The number of hydrogen-bond donors (Lipinski definition) is 9. The summed E-state index contributed by atoms with van der Waals surface area (Å²) in [6, 6.07) is 0.131. The van der Waals surface area contributed by atoms with Gasteiger partial charge in [-0.2, -0.15) is 0 Å². The van der Waals surface area contributed by atoms with E-state index in [1.165, 1.54) is 148 Å². The summed E-state index contributed by atoms with van der Waals surface area (Å²) in [6.07, 6.45) is 44.1. The first kappa shape index (κ1) is 83.2. The fraction of sp³-hybridized carbons (Fsp3) is 0.956. The Labute approximate surface area is 522 Å². The molecule has 0 aliphatic rings. The molecule has 0 unspecified atom stereocenters. The predicted molar refractivity (Wildman–Crippen MR) is 351 cm³/mol. The average molecular weight is 1230 g/mol. The zero-order chi connectivity index (χ0) is 63.1. The molecule has 0 radical (unpaired) electrons. The number of carbonyl (C=O) groups excluding carboxylic acids is 3. The van der Waals surface area contributed by atoms with Crippen molar-refractivity contribution in [1.82, 2.24) is 16.0 Å². The molecule has 0 saturated heterocycles. The Morgan fingerprint density at radius 3 is 0.741 bits per heavy atom. The summed E-state index contributed by atoms with van der Waals surface area (Å²) >= 11 is 0. The van der Waals surface area contributed by atoms with Crippen molar-refractivity contribution in [2.24, 2.45) is 0 Å². The Kier molecular flexibility index (Phi) is 54.0. The molecule has 0 bridgehead atoms. The van der Waals surface area contributed by atoms with Crippen molar-refractivity contribution in [2.45, 2.75) is 333 Å². The number of unbranched alkanes of at least 4 members (excludes halogenated alkanes) is 34. The Bertz CT molecular complexity index is 1390. The minimum absolute atomic E-state index is 0.131. The highest BCUT2D eigenvalue weighted by Gasteiger charge is 2.49. The van der Waals surface area contributed by atoms with Crippen LogP contribution in [0.25, 0.3) is 0 Å². The van der Waals surface area contributed by atoms with Crippen LogP contribution in [0.4, 0.5) is 0 Å². The maximum atomic E-state index is 13.7. The fourth-order valence-electron chi connectivity index (χ4n) is 11.3. The molecule has 0 fully saturated rings. The Morgan fingerprint density at radius 1 is 0.318 bits per heavy atom. The zero-order valence-corrected chi connectivity index (χ0v) is 57.2. The van der Waals surface area contributed by atoms with Crippen molar-refractivity contribution in [1.29, 1.82) is 0 Å². The van der Waals surface area contributed by atoms with Crippen LogP contribution < -0.4 is 16.0 Å². The summed E-state index contributed by atoms with van der Waals surface area (Å²) in [4.78, 5) is 41.1. The van der Waals surface area contributed by atoms with Gasteiger partial charge in [0.25, 0.3) is 0 Å². The van der Waals surface area contributed by atoms with Crippen LogP contribution in [0.2, 0.25) is 6.04 Å². The van der Waals surface area contributed by atoms with Gasteiger partial charge in [0, 0.05) is 31.7 Å². The average Bonchev–Trinajstić information content (AvgIpc) is 3.19. The van der Waals surface area contributed by atoms with Crippen LogP contribution in [-0.4, -0.2) is 164 Å². The molecule has 0 spiro atoms. The molecule has 506 valence electrons. The highest BCUT2D eigenvalue weighted by Crippen LogP contribution is 2.27. The lowest BCUT2D eigenvalue weighted by atomic mass is 10.0. The summed E-state index contributed by atoms with van der Waals surface area (Å²) in [6.45, 7) is 8.14. The van der Waals surface area contributed by atoms with Crippen molar-refractivity contribution in [2.75, 3.05) is 86.1 Å². The highest BCUT2D eigenvalue weighted by molar-refractivity contribution is 6.60. The Morgan fingerprint density at radius 2 is 0.518 bits per heavy atom. The maximum Gasteiger partial charge on any atom is 0.501 e. The molecular formula is C68H139N4O12Si+. The van der Waals surface area contributed by atoms with Crippen LogP contribution in [0.3, 0.4) is 0 Å². The van der Waals surface area contributed by atoms with Crippen LogP contribution in [0.5, 0.6) is 0 Å². The van der Waals surface area contributed by atoms with Gasteiger partial charge in [0.2, 0.25) is 17.7 Å². The van der Waals surface area contributed by atoms with Crippen molar-refractivity contribution in [3.63, 3.8) is 0 Å². The SMILES string of the molecule is CCCCCCCCCCCC(=O)NC(CO)(CO)CO[Si](CCC[N+](C)(CCCCCCCC)CCCCCCCC)(OCC(CO)(CO)NC(=O)CCCCCCCCCCC)OCC(CO)(CO)NC(=O)CCCCCCCCCCC. The second-order valence-electron chi connectivity index (χ2n) is 26.1. The van der Waals surface area contributed by atoms with Crippen LogP contribution in [-0.2, 0) is 27.7 Å². The predicted octanol–water partition coefficient (Wildman–Crippen LogP) is 12.8. The van der Waals surface area contributed by atoms with Crippen molar-refractivity contribution < 1.29 is 62.8 Å². The lowest BCUT2D eigenvalue weighted by Gasteiger charge is -2.41. The monoisotopic (exact) mass is 1230 g/mol. The number of nitrogens with zero attached hydrogens (tertiary/aromatic N) is 1. The molecule has 0 aliphatic carbocycles. The van der Waals surface area contributed by atoms with Gasteiger partial charge in [-0.3, -0.25) is 14.4 Å². The van der Waals surface area contributed by atoms with Crippen LogP contribution >= 0.6 is 0 Å². The molecule has 3 amide bonds. The minimum atomic E-state index is -4.37. The molecule has 85 heavy (non-hydrogen) atoms. The van der Waals surface area contributed by atoms with Gasteiger partial charge in [-0.05, 0) is 44.9 Å². The second-order valence-corrected chi connectivity index (χ2v) is 28.9.